The first-order chi connectivity index (χ1) is 19.3. The molecule has 4 aromatic rings. The molecular weight excluding hydrogens is 538 g/mol. The highest BCUT2D eigenvalue weighted by Crippen LogP contribution is 2.35. The Morgan fingerprint density at radius 2 is 1.85 bits per heavy atom. The number of hydrogen-bond acceptors (Lipinski definition) is 5. The number of rotatable bonds is 8. The van der Waals surface area contributed by atoms with E-state index in [1.807, 2.05) is 17.5 Å². The molecule has 0 aliphatic carbocycles. The molecular formula is C29H22F2N4O4S. The average molecular weight is 561 g/mol. The number of pyridine rings is 1. The van der Waals surface area contributed by atoms with Gasteiger partial charge in [0.05, 0.1) is 12.1 Å². The molecule has 8 nitrogen and oxygen atoms in total. The number of halogens is 2. The van der Waals surface area contributed by atoms with Crippen LogP contribution in [0.5, 0.6) is 0 Å². The number of nitrogens with one attached hydrogen (secondary N) is 3. The number of fused-ring (bicyclic) bond motifs is 1. The number of benzene rings is 2. The van der Waals surface area contributed by atoms with Crippen molar-refractivity contribution in [2.24, 2.45) is 0 Å². The number of carbonyl (C=O) groups is 3. The zero-order valence-electron chi connectivity index (χ0n) is 20.9. The van der Waals surface area contributed by atoms with E-state index in [-0.39, 0.29) is 36.9 Å². The van der Waals surface area contributed by atoms with E-state index >= 15 is 0 Å². The van der Waals surface area contributed by atoms with Gasteiger partial charge in [-0.15, -0.1) is 11.3 Å². The molecule has 0 fully saturated rings. The monoisotopic (exact) mass is 560 g/mol. The highest BCUT2D eigenvalue weighted by Gasteiger charge is 2.24. The largest absolute Gasteiger partial charge is 0.351 e. The summed E-state index contributed by atoms with van der Waals surface area (Å²) in [4.78, 5) is 51.3. The maximum absolute atomic E-state index is 13.5. The smallest absolute Gasteiger partial charge is 0.263 e. The lowest BCUT2D eigenvalue weighted by Gasteiger charge is -2.10. The van der Waals surface area contributed by atoms with Gasteiger partial charge in [-0.1, -0.05) is 12.1 Å². The van der Waals surface area contributed by atoms with E-state index in [2.05, 4.69) is 16.0 Å². The molecule has 2 aromatic heterocycles. The first kappa shape index (κ1) is 26.7. The number of anilines is 2. The molecule has 1 aliphatic rings. The van der Waals surface area contributed by atoms with Crippen molar-refractivity contribution >= 4 is 52.1 Å². The van der Waals surface area contributed by atoms with Crippen LogP contribution in [0.25, 0.3) is 11.6 Å². The third kappa shape index (κ3) is 5.89. The second kappa shape index (κ2) is 11.5. The van der Waals surface area contributed by atoms with Crippen LogP contribution < -0.4 is 21.5 Å². The Labute approximate surface area is 231 Å². The van der Waals surface area contributed by atoms with E-state index in [0.29, 0.717) is 28.1 Å². The third-order valence-electron chi connectivity index (χ3n) is 6.16. The molecule has 11 heteroatoms. The Morgan fingerprint density at radius 1 is 1.00 bits per heavy atom. The Balaban J connectivity index is 1.18. The van der Waals surface area contributed by atoms with Gasteiger partial charge in [-0.2, -0.15) is 0 Å². The fourth-order valence-electron chi connectivity index (χ4n) is 4.20. The summed E-state index contributed by atoms with van der Waals surface area (Å²) in [5.74, 6) is -3.28. The molecule has 0 unspecified atom stereocenters. The molecule has 5 rings (SSSR count). The fourth-order valence-corrected chi connectivity index (χ4v) is 4.86. The topological polar surface area (TPSA) is 109 Å². The van der Waals surface area contributed by atoms with Crippen LogP contribution in [-0.2, 0) is 16.1 Å². The van der Waals surface area contributed by atoms with Gasteiger partial charge in [-0.05, 0) is 65.6 Å². The summed E-state index contributed by atoms with van der Waals surface area (Å²) in [6.07, 6.45) is 3.17. The van der Waals surface area contributed by atoms with Gasteiger partial charge in [0.2, 0.25) is 5.91 Å². The second-order valence-corrected chi connectivity index (χ2v) is 9.92. The van der Waals surface area contributed by atoms with Crippen LogP contribution in [0.4, 0.5) is 20.2 Å². The first-order valence-corrected chi connectivity index (χ1v) is 13.1. The van der Waals surface area contributed by atoms with Gasteiger partial charge in [0.25, 0.3) is 17.4 Å². The molecule has 3 amide bonds. The first-order valence-electron chi connectivity index (χ1n) is 12.2. The molecule has 3 heterocycles. The van der Waals surface area contributed by atoms with Crippen molar-refractivity contribution in [1.29, 1.82) is 0 Å². The second-order valence-electron chi connectivity index (χ2n) is 8.95. The molecule has 0 radical (unpaired) electrons. The van der Waals surface area contributed by atoms with Crippen molar-refractivity contribution in [3.8, 4) is 0 Å². The van der Waals surface area contributed by atoms with Gasteiger partial charge in [-0.3, -0.25) is 19.2 Å². The lowest BCUT2D eigenvalue weighted by Crippen LogP contribution is -2.34. The number of thiophene rings is 1. The Morgan fingerprint density at radius 3 is 2.62 bits per heavy atom. The quantitative estimate of drug-likeness (QED) is 0.276. The van der Waals surface area contributed by atoms with E-state index in [9.17, 15) is 28.0 Å². The Bertz CT molecular complexity index is 1710. The summed E-state index contributed by atoms with van der Waals surface area (Å²) in [5.41, 5.74) is 1.92. The Kier molecular flexibility index (Phi) is 7.65. The Hall–Kier alpha value is -4.90. The number of carbonyl (C=O) groups excluding carboxylic acids is 3. The van der Waals surface area contributed by atoms with Gasteiger partial charge in [0.1, 0.15) is 5.56 Å². The average Bonchev–Trinajstić information content (AvgIpc) is 3.55. The van der Waals surface area contributed by atoms with Gasteiger partial charge >= 0.3 is 0 Å². The van der Waals surface area contributed by atoms with Crippen LogP contribution in [0.15, 0.2) is 77.0 Å². The van der Waals surface area contributed by atoms with E-state index in [1.54, 1.807) is 24.3 Å². The highest BCUT2D eigenvalue weighted by atomic mass is 32.1. The highest BCUT2D eigenvalue weighted by molar-refractivity contribution is 7.11. The van der Waals surface area contributed by atoms with E-state index in [4.69, 9.17) is 0 Å². The molecule has 0 spiro atoms. The predicted octanol–water partition coefficient (Wildman–Crippen LogP) is 4.49. The summed E-state index contributed by atoms with van der Waals surface area (Å²) in [6, 6.07) is 15.0. The number of aromatic nitrogens is 1. The normalized spacial score (nSPS) is 13.2. The molecule has 2 aromatic carbocycles. The SMILES string of the molecule is O=C(CCNC(=O)c1cccn(Cc2ccc(F)c(F)c2)c1=O)Nc1ccc2c(c1)/C(=C/c1cccs1)C(=O)N2. The minimum absolute atomic E-state index is 0.0311. The van der Waals surface area contributed by atoms with Gasteiger partial charge in [-0.25, -0.2) is 8.78 Å². The summed E-state index contributed by atoms with van der Waals surface area (Å²) in [6.45, 7) is -0.0810. The van der Waals surface area contributed by atoms with Crippen LogP contribution >= 0.6 is 11.3 Å². The number of hydrogen-bond donors (Lipinski definition) is 3. The van der Waals surface area contributed by atoms with E-state index in [1.165, 1.54) is 40.3 Å². The minimum Gasteiger partial charge on any atom is -0.351 e. The lowest BCUT2D eigenvalue weighted by molar-refractivity contribution is -0.116. The van der Waals surface area contributed by atoms with Crippen LogP contribution in [0.1, 0.15) is 32.8 Å². The van der Waals surface area contributed by atoms with Crippen LogP contribution in [0, 0.1) is 11.6 Å². The molecule has 0 saturated heterocycles. The third-order valence-corrected chi connectivity index (χ3v) is 6.97. The van der Waals surface area contributed by atoms with Crippen molar-refractivity contribution in [2.45, 2.75) is 13.0 Å². The maximum Gasteiger partial charge on any atom is 0.263 e. The molecule has 0 bridgehead atoms. The zero-order chi connectivity index (χ0) is 28.2. The van der Waals surface area contributed by atoms with Crippen molar-refractivity contribution in [3.05, 3.63) is 116 Å². The summed E-state index contributed by atoms with van der Waals surface area (Å²) >= 11 is 1.51. The van der Waals surface area contributed by atoms with Gasteiger partial charge in [0, 0.05) is 41.0 Å². The van der Waals surface area contributed by atoms with E-state index in [0.717, 1.165) is 17.0 Å². The maximum atomic E-state index is 13.5. The number of nitrogens with zero attached hydrogens (tertiary/aromatic N) is 1. The molecule has 202 valence electrons. The lowest BCUT2D eigenvalue weighted by atomic mass is 10.1. The molecule has 40 heavy (non-hydrogen) atoms. The summed E-state index contributed by atoms with van der Waals surface area (Å²) in [5, 5.41) is 10.0. The van der Waals surface area contributed by atoms with Crippen molar-refractivity contribution < 1.29 is 23.2 Å². The standard InChI is InChI=1S/C29H22F2N4O4S/c30-23-7-5-17(13-24(23)31)16-35-11-1-4-20(29(35)39)27(37)32-10-9-26(36)33-18-6-8-25-21(14-18)22(28(38)34-25)15-19-3-2-12-40-19/h1-8,11-15H,9-10,16H2,(H,32,37)(H,33,36)(H,34,38)/b22-15-. The molecule has 1 aliphatic heterocycles. The fraction of sp³-hybridized carbons (Fsp3) is 0.103. The van der Waals surface area contributed by atoms with Crippen molar-refractivity contribution in [3.63, 3.8) is 0 Å². The zero-order valence-corrected chi connectivity index (χ0v) is 21.7. The van der Waals surface area contributed by atoms with Crippen molar-refractivity contribution in [2.75, 3.05) is 17.2 Å². The van der Waals surface area contributed by atoms with Crippen LogP contribution in [0.2, 0.25) is 0 Å². The molecule has 0 saturated carbocycles. The molecule has 0 atom stereocenters. The van der Waals surface area contributed by atoms with Crippen LogP contribution in [0.3, 0.4) is 0 Å². The summed E-state index contributed by atoms with van der Waals surface area (Å²) in [7, 11) is 0. The predicted molar refractivity (Wildman–Crippen MR) is 149 cm³/mol. The van der Waals surface area contributed by atoms with Gasteiger partial charge in [0.15, 0.2) is 11.6 Å². The number of amides is 3. The summed E-state index contributed by atoms with van der Waals surface area (Å²) < 4.78 is 27.9. The molecule has 3 N–H and O–H groups in total. The minimum atomic E-state index is -1.03. The van der Waals surface area contributed by atoms with E-state index < -0.39 is 23.1 Å². The van der Waals surface area contributed by atoms with Crippen LogP contribution in [-0.4, -0.2) is 28.8 Å². The van der Waals surface area contributed by atoms with Gasteiger partial charge < -0.3 is 20.5 Å². The van der Waals surface area contributed by atoms with Crippen molar-refractivity contribution in [1.82, 2.24) is 9.88 Å².